The van der Waals surface area contributed by atoms with E-state index in [-0.39, 0.29) is 0 Å². The lowest BCUT2D eigenvalue weighted by Gasteiger charge is -2.23. The van der Waals surface area contributed by atoms with Gasteiger partial charge >= 0.3 is 0 Å². The average Bonchev–Trinajstić information content (AvgIpc) is 3.29. The zero-order valence-electron chi connectivity index (χ0n) is 34.4. The lowest BCUT2D eigenvalue weighted by molar-refractivity contribution is 0.293. The van der Waals surface area contributed by atoms with Crippen molar-refractivity contribution in [1.82, 2.24) is 0 Å². The molecule has 8 aromatic carbocycles. The lowest BCUT2D eigenvalue weighted by Crippen LogP contribution is -2.09. The molecule has 1 aliphatic carbocycles. The van der Waals surface area contributed by atoms with E-state index in [1.807, 2.05) is 24.3 Å². The smallest absolute Gasteiger partial charge is 0.126 e. The predicted molar refractivity (Wildman–Crippen MR) is 255 cm³/mol. The highest BCUT2D eigenvalue weighted by molar-refractivity contribution is 9.10. The summed E-state index contributed by atoms with van der Waals surface area (Å²) in [5, 5.41) is 0. The second-order valence-corrected chi connectivity index (χ2v) is 17.6. The van der Waals surface area contributed by atoms with Gasteiger partial charge in [-0.05, 0) is 68.8 Å². The van der Waals surface area contributed by atoms with E-state index < -0.39 is 0 Å². The van der Waals surface area contributed by atoms with Crippen molar-refractivity contribution in [2.24, 2.45) is 0 Å². The first kappa shape index (κ1) is 41.3. The quantitative estimate of drug-likeness (QED) is 0.122. The van der Waals surface area contributed by atoms with E-state index in [0.717, 1.165) is 98.7 Å². The highest BCUT2D eigenvalue weighted by atomic mass is 79.9. The zero-order chi connectivity index (χ0) is 42.1. The Labute approximate surface area is 381 Å². The Kier molecular flexibility index (Phi) is 13.1. The Bertz CT molecular complexity index is 2570. The van der Waals surface area contributed by atoms with E-state index in [9.17, 15) is 0 Å². The Morgan fingerprint density at radius 1 is 0.274 bits per heavy atom. The van der Waals surface area contributed by atoms with Crippen molar-refractivity contribution in [3.8, 4) is 23.0 Å². The van der Waals surface area contributed by atoms with Crippen LogP contribution in [0.1, 0.15) is 66.8 Å². The van der Waals surface area contributed by atoms with E-state index >= 15 is 0 Å². The van der Waals surface area contributed by atoms with Gasteiger partial charge in [-0.1, -0.05) is 190 Å². The van der Waals surface area contributed by atoms with Crippen LogP contribution in [0.4, 0.5) is 0 Å². The summed E-state index contributed by atoms with van der Waals surface area (Å²) in [4.78, 5) is 0. The summed E-state index contributed by atoms with van der Waals surface area (Å²) in [5.41, 5.74) is 13.0. The molecule has 4 nitrogen and oxygen atoms in total. The molecule has 0 aliphatic heterocycles. The summed E-state index contributed by atoms with van der Waals surface area (Å²) in [5.74, 6) is 3.48. The van der Waals surface area contributed by atoms with Gasteiger partial charge < -0.3 is 18.9 Å². The van der Waals surface area contributed by atoms with Gasteiger partial charge in [-0.25, -0.2) is 0 Å². The topological polar surface area (TPSA) is 36.9 Å². The molecule has 0 spiro atoms. The first-order valence-corrected chi connectivity index (χ1v) is 22.6. The number of hydrogen-bond acceptors (Lipinski definition) is 4. The third kappa shape index (κ3) is 10.2. The highest BCUT2D eigenvalue weighted by Crippen LogP contribution is 2.41. The van der Waals surface area contributed by atoms with Crippen LogP contribution < -0.4 is 18.9 Å². The maximum atomic E-state index is 6.95. The van der Waals surface area contributed by atoms with Crippen molar-refractivity contribution < 1.29 is 18.9 Å². The fourth-order valence-electron chi connectivity index (χ4n) is 8.26. The van der Waals surface area contributed by atoms with Crippen LogP contribution in [0.25, 0.3) is 0 Å². The fraction of sp³-hybridized carbons (Fsp3) is 0.143. The second-order valence-electron chi connectivity index (χ2n) is 15.7. The molecular formula is C56H46Br2O4. The molecule has 0 fully saturated rings. The fourth-order valence-corrected chi connectivity index (χ4v) is 9.37. The van der Waals surface area contributed by atoms with Crippen molar-refractivity contribution in [2.45, 2.75) is 52.1 Å². The number of ether oxygens (including phenoxy) is 4. The molecule has 0 amide bonds. The van der Waals surface area contributed by atoms with Crippen LogP contribution in [0, 0.1) is 0 Å². The van der Waals surface area contributed by atoms with Gasteiger partial charge in [0.15, 0.2) is 0 Å². The molecule has 0 saturated heterocycles. The number of hydrogen-bond donors (Lipinski definition) is 0. The third-order valence-electron chi connectivity index (χ3n) is 11.2. The van der Waals surface area contributed by atoms with Gasteiger partial charge in [0.25, 0.3) is 0 Å². The molecule has 0 saturated carbocycles. The van der Waals surface area contributed by atoms with Crippen molar-refractivity contribution in [3.63, 3.8) is 0 Å². The monoisotopic (exact) mass is 940 g/mol. The molecule has 0 N–H and O–H groups in total. The Hall–Kier alpha value is -6.08. The molecule has 0 unspecified atom stereocenters. The van der Waals surface area contributed by atoms with Gasteiger partial charge in [-0.15, -0.1) is 0 Å². The first-order valence-electron chi connectivity index (χ1n) is 21.0. The van der Waals surface area contributed by atoms with Crippen molar-refractivity contribution in [1.29, 1.82) is 0 Å². The van der Waals surface area contributed by atoms with E-state index in [0.29, 0.717) is 52.1 Å². The van der Waals surface area contributed by atoms with Gasteiger partial charge in [0.2, 0.25) is 0 Å². The number of benzene rings is 8. The van der Waals surface area contributed by atoms with Crippen LogP contribution in [-0.4, -0.2) is 0 Å². The number of rotatable bonds is 12. The summed E-state index contributed by atoms with van der Waals surface area (Å²) >= 11 is 7.86. The second kappa shape index (κ2) is 19.7. The molecule has 0 atom stereocenters. The largest absolute Gasteiger partial charge is 0.488 e. The molecule has 0 aromatic heterocycles. The molecule has 9 rings (SSSR count). The Morgan fingerprint density at radius 2 is 0.500 bits per heavy atom. The minimum Gasteiger partial charge on any atom is -0.488 e. The van der Waals surface area contributed by atoms with Crippen molar-refractivity contribution in [2.75, 3.05) is 0 Å². The zero-order valence-corrected chi connectivity index (χ0v) is 37.5. The van der Waals surface area contributed by atoms with Crippen molar-refractivity contribution >= 4 is 31.9 Å². The summed E-state index contributed by atoms with van der Waals surface area (Å²) in [7, 11) is 0. The Morgan fingerprint density at radius 3 is 0.774 bits per heavy atom. The van der Waals surface area contributed by atoms with Crippen LogP contribution in [0.5, 0.6) is 23.0 Å². The summed E-state index contributed by atoms with van der Waals surface area (Å²) < 4.78 is 29.7. The maximum Gasteiger partial charge on any atom is 0.126 e. The van der Waals surface area contributed by atoms with Crippen LogP contribution in [0.3, 0.4) is 0 Å². The molecule has 0 heterocycles. The molecule has 0 radical (unpaired) electrons. The van der Waals surface area contributed by atoms with Gasteiger partial charge in [0, 0.05) is 56.9 Å². The van der Waals surface area contributed by atoms with Crippen LogP contribution in [-0.2, 0) is 52.1 Å². The minimum atomic E-state index is 0.432. The van der Waals surface area contributed by atoms with E-state index in [4.69, 9.17) is 18.9 Å². The predicted octanol–water partition coefficient (Wildman–Crippen LogP) is 14.2. The molecule has 8 aromatic rings. The third-order valence-corrected chi connectivity index (χ3v) is 12.1. The van der Waals surface area contributed by atoms with E-state index in [1.165, 1.54) is 0 Å². The first-order chi connectivity index (χ1) is 30.5. The van der Waals surface area contributed by atoms with Crippen LogP contribution in [0.2, 0.25) is 0 Å². The van der Waals surface area contributed by atoms with E-state index in [1.54, 1.807) is 0 Å². The molecular weight excluding hydrogens is 896 g/mol. The molecule has 6 heteroatoms. The Balaban J connectivity index is 1.23. The van der Waals surface area contributed by atoms with Gasteiger partial charge in [-0.3, -0.25) is 0 Å². The number of halogens is 2. The van der Waals surface area contributed by atoms with Gasteiger partial charge in [0.1, 0.15) is 49.4 Å². The average molecular weight is 943 g/mol. The number of fused-ring (bicyclic) bond motifs is 8. The normalized spacial score (nSPS) is 12.0. The summed E-state index contributed by atoms with van der Waals surface area (Å²) in [6, 6.07) is 63.3. The minimum absolute atomic E-state index is 0.432. The van der Waals surface area contributed by atoms with Crippen molar-refractivity contribution in [3.05, 3.63) is 258 Å². The standard InChI is InChI=1S/C56H46Br2O4/c57-51-31-47-28-45-25-13-23-43(53(45)59-35-39-15-5-1-6-16-39)27-44-24-14-26-46(54(44)60-36-40-17-7-2-8-18-40)29-48-32-52(58)34-50(56(48)62-38-42-21-11-4-12-22-42)30-49(33-51)55(47)61-37-41-19-9-3-10-20-41/h1-26,31-34H,27-30,35-38H2. The SMILES string of the molecule is Brc1cc2c(OCc3ccccc3)c(c1)Cc1cc(Br)cc(c1OCc1ccccc1)Cc1cccc(c1OCc1ccccc1)Cc1cccc(c1OCc1ccccc1)C2. The van der Waals surface area contributed by atoms with Gasteiger partial charge in [-0.2, -0.15) is 0 Å². The molecule has 8 bridgehead atoms. The van der Waals surface area contributed by atoms with Crippen LogP contribution in [0.15, 0.2) is 191 Å². The summed E-state index contributed by atoms with van der Waals surface area (Å²) in [6.07, 6.45) is 2.36. The lowest BCUT2D eigenvalue weighted by atomic mass is 9.91. The number of para-hydroxylation sites is 2. The van der Waals surface area contributed by atoms with E-state index in [2.05, 4.69) is 190 Å². The molecule has 1 aliphatic rings. The van der Waals surface area contributed by atoms with Crippen LogP contribution >= 0.6 is 31.9 Å². The summed E-state index contributed by atoms with van der Waals surface area (Å²) in [6.45, 7) is 1.75. The molecule has 62 heavy (non-hydrogen) atoms. The maximum absolute atomic E-state index is 6.95. The highest BCUT2D eigenvalue weighted by Gasteiger charge is 2.23. The van der Waals surface area contributed by atoms with Gasteiger partial charge in [0.05, 0.1) is 0 Å². The molecule has 308 valence electrons.